The molecule has 1 N–H and O–H groups in total. The van der Waals surface area contributed by atoms with Gasteiger partial charge in [-0.15, -0.1) is 0 Å². The van der Waals surface area contributed by atoms with Gasteiger partial charge in [-0.1, -0.05) is 30.3 Å². The number of fused-ring (bicyclic) bond motifs is 2. The highest BCUT2D eigenvalue weighted by Crippen LogP contribution is 2.51. The summed E-state index contributed by atoms with van der Waals surface area (Å²) in [6.45, 7) is 0.332. The lowest BCUT2D eigenvalue weighted by Crippen LogP contribution is -2.54. The van der Waals surface area contributed by atoms with Crippen LogP contribution in [0.5, 0.6) is 0 Å². The van der Waals surface area contributed by atoms with Gasteiger partial charge in [0, 0.05) is 22.7 Å². The van der Waals surface area contributed by atoms with E-state index in [9.17, 15) is 19.3 Å². The number of halogens is 1. The molecule has 1 saturated heterocycles. The summed E-state index contributed by atoms with van der Waals surface area (Å²) in [6.07, 6.45) is 0. The summed E-state index contributed by atoms with van der Waals surface area (Å²) in [5.74, 6) is -1.30. The number of carbonyl (C=O) groups is 1. The van der Waals surface area contributed by atoms with Crippen LogP contribution in [-0.2, 0) is 10.3 Å². The van der Waals surface area contributed by atoms with Crippen molar-refractivity contribution in [3.63, 3.8) is 0 Å². The fourth-order valence-corrected chi connectivity index (χ4v) is 4.29. The SMILES string of the molecule is CN1C[C@H](c2ccc(F)cc2)[C@@H]([N+](=O)[O-])[C@]12C(=O)Nc1ccccc12. The molecule has 4 rings (SSSR count). The minimum Gasteiger partial charge on any atom is -0.324 e. The fourth-order valence-electron chi connectivity index (χ4n) is 4.29. The van der Waals surface area contributed by atoms with Crippen LogP contribution in [0.1, 0.15) is 17.0 Å². The molecule has 25 heavy (non-hydrogen) atoms. The van der Waals surface area contributed by atoms with Crippen molar-refractivity contribution in [2.75, 3.05) is 18.9 Å². The zero-order chi connectivity index (χ0) is 17.8. The Hall–Kier alpha value is -2.80. The monoisotopic (exact) mass is 341 g/mol. The minimum atomic E-state index is -1.36. The Morgan fingerprint density at radius 1 is 1.24 bits per heavy atom. The van der Waals surface area contributed by atoms with E-state index >= 15 is 0 Å². The van der Waals surface area contributed by atoms with Crippen LogP contribution in [0.2, 0.25) is 0 Å². The van der Waals surface area contributed by atoms with Crippen LogP contribution in [0, 0.1) is 15.9 Å². The average molecular weight is 341 g/mol. The summed E-state index contributed by atoms with van der Waals surface area (Å²) in [5.41, 5.74) is 0.517. The normalized spacial score (nSPS) is 28.2. The van der Waals surface area contributed by atoms with Crippen LogP contribution in [0.3, 0.4) is 0 Å². The van der Waals surface area contributed by atoms with Crippen LogP contribution in [0.25, 0.3) is 0 Å². The van der Waals surface area contributed by atoms with E-state index in [0.29, 0.717) is 23.4 Å². The Labute approximate surface area is 143 Å². The minimum absolute atomic E-state index is 0.332. The molecule has 0 radical (unpaired) electrons. The molecule has 0 saturated carbocycles. The van der Waals surface area contributed by atoms with Crippen LogP contribution >= 0.6 is 0 Å². The number of anilines is 1. The standard InChI is InChI=1S/C18H16FN3O3/c1-21-10-13(11-6-8-12(19)9-7-11)16(22(24)25)18(21)14-4-2-3-5-15(14)20-17(18)23/h2-9,13,16H,10H2,1H3,(H,20,23)/t13-,16-,18-/m1/s1. The summed E-state index contributed by atoms with van der Waals surface area (Å²) >= 11 is 0. The fraction of sp³-hybridized carbons (Fsp3) is 0.278. The van der Waals surface area contributed by atoms with Gasteiger partial charge >= 0.3 is 0 Å². The zero-order valence-corrected chi connectivity index (χ0v) is 13.5. The Morgan fingerprint density at radius 3 is 2.60 bits per heavy atom. The van der Waals surface area contributed by atoms with Gasteiger partial charge in [-0.2, -0.15) is 0 Å². The number of hydrogen-bond donors (Lipinski definition) is 1. The Morgan fingerprint density at radius 2 is 1.92 bits per heavy atom. The molecule has 0 aromatic heterocycles. The number of likely N-dealkylation sites (tertiary alicyclic amines) is 1. The summed E-state index contributed by atoms with van der Waals surface area (Å²) in [5, 5.41) is 14.8. The van der Waals surface area contributed by atoms with E-state index < -0.39 is 23.3 Å². The number of rotatable bonds is 2. The van der Waals surface area contributed by atoms with Gasteiger partial charge in [0.1, 0.15) is 5.82 Å². The third kappa shape index (κ3) is 2.02. The van der Waals surface area contributed by atoms with E-state index in [1.165, 1.54) is 12.1 Å². The molecule has 0 unspecified atom stereocenters. The van der Waals surface area contributed by atoms with Crippen LogP contribution < -0.4 is 5.32 Å². The number of amides is 1. The van der Waals surface area contributed by atoms with Crippen molar-refractivity contribution >= 4 is 11.6 Å². The van der Waals surface area contributed by atoms with Gasteiger partial charge in [-0.3, -0.25) is 19.8 Å². The average Bonchev–Trinajstić information content (AvgIpc) is 3.05. The summed E-state index contributed by atoms with van der Waals surface area (Å²) in [4.78, 5) is 26.3. The van der Waals surface area contributed by atoms with Gasteiger partial charge in [0.05, 0.1) is 5.92 Å². The Bertz CT molecular complexity index is 870. The van der Waals surface area contributed by atoms with Crippen LogP contribution in [0.4, 0.5) is 10.1 Å². The summed E-state index contributed by atoms with van der Waals surface area (Å²) in [7, 11) is 1.72. The van der Waals surface area contributed by atoms with E-state index in [4.69, 9.17) is 0 Å². The highest BCUT2D eigenvalue weighted by atomic mass is 19.1. The van der Waals surface area contributed by atoms with Crippen molar-refractivity contribution in [1.82, 2.24) is 4.90 Å². The lowest BCUT2D eigenvalue weighted by molar-refractivity contribution is -0.534. The van der Waals surface area contributed by atoms with Crippen molar-refractivity contribution < 1.29 is 14.1 Å². The van der Waals surface area contributed by atoms with Crippen LogP contribution in [0.15, 0.2) is 48.5 Å². The van der Waals surface area contributed by atoms with Gasteiger partial charge in [-0.25, -0.2) is 4.39 Å². The largest absolute Gasteiger partial charge is 0.324 e. The number of benzene rings is 2. The van der Waals surface area contributed by atoms with Gasteiger partial charge < -0.3 is 5.32 Å². The predicted octanol–water partition coefficient (Wildman–Crippen LogP) is 2.35. The first-order chi connectivity index (χ1) is 12.0. The van der Waals surface area contributed by atoms with Crippen molar-refractivity contribution in [3.05, 3.63) is 75.6 Å². The molecule has 1 fully saturated rings. The number of para-hydroxylation sites is 1. The molecule has 2 aliphatic heterocycles. The molecule has 3 atom stereocenters. The lowest BCUT2D eigenvalue weighted by atomic mass is 9.79. The van der Waals surface area contributed by atoms with Crippen molar-refractivity contribution in [2.24, 2.45) is 0 Å². The third-order valence-corrected chi connectivity index (χ3v) is 5.34. The first kappa shape index (κ1) is 15.7. The van der Waals surface area contributed by atoms with Gasteiger partial charge in [0.2, 0.25) is 0 Å². The smallest absolute Gasteiger partial charge is 0.256 e. The van der Waals surface area contributed by atoms with E-state index in [2.05, 4.69) is 5.32 Å². The maximum atomic E-state index is 13.3. The van der Waals surface area contributed by atoms with E-state index in [1.54, 1.807) is 48.3 Å². The highest BCUT2D eigenvalue weighted by Gasteiger charge is 2.68. The van der Waals surface area contributed by atoms with Gasteiger partial charge in [0.25, 0.3) is 11.9 Å². The second kappa shape index (κ2) is 5.35. The maximum absolute atomic E-state index is 13.3. The summed E-state index contributed by atoms with van der Waals surface area (Å²) in [6, 6.07) is 11.6. The van der Waals surface area contributed by atoms with Gasteiger partial charge in [0.15, 0.2) is 5.54 Å². The molecule has 2 aromatic carbocycles. The first-order valence-electron chi connectivity index (χ1n) is 7.97. The topological polar surface area (TPSA) is 75.5 Å². The zero-order valence-electron chi connectivity index (χ0n) is 13.5. The molecule has 1 spiro atoms. The number of nitrogens with one attached hydrogen (secondary N) is 1. The molecule has 2 heterocycles. The molecule has 6 nitrogen and oxygen atoms in total. The summed E-state index contributed by atoms with van der Waals surface area (Å²) < 4.78 is 13.3. The lowest BCUT2D eigenvalue weighted by Gasteiger charge is -2.30. The number of nitro groups is 1. The number of nitrogens with zero attached hydrogens (tertiary/aromatic N) is 2. The molecular formula is C18H16FN3O3. The quantitative estimate of drug-likeness (QED) is 0.672. The molecular weight excluding hydrogens is 325 g/mol. The molecule has 0 bridgehead atoms. The highest BCUT2D eigenvalue weighted by molar-refractivity contribution is 6.06. The number of likely N-dealkylation sites (N-methyl/N-ethyl adjacent to an activating group) is 1. The van der Waals surface area contributed by atoms with Gasteiger partial charge in [-0.05, 0) is 30.8 Å². The van der Waals surface area contributed by atoms with Crippen molar-refractivity contribution in [2.45, 2.75) is 17.5 Å². The van der Waals surface area contributed by atoms with E-state index in [-0.39, 0.29) is 10.8 Å². The van der Waals surface area contributed by atoms with Crippen molar-refractivity contribution in [1.29, 1.82) is 0 Å². The molecule has 2 aromatic rings. The first-order valence-corrected chi connectivity index (χ1v) is 7.97. The Kier molecular flexibility index (Phi) is 3.36. The number of hydrogen-bond acceptors (Lipinski definition) is 4. The molecule has 1 amide bonds. The molecule has 7 heteroatoms. The number of carbonyl (C=O) groups excluding carboxylic acids is 1. The molecule has 0 aliphatic carbocycles. The maximum Gasteiger partial charge on any atom is 0.256 e. The van der Waals surface area contributed by atoms with E-state index in [0.717, 1.165) is 0 Å². The van der Waals surface area contributed by atoms with E-state index in [1.807, 2.05) is 0 Å². The predicted molar refractivity (Wildman–Crippen MR) is 89.3 cm³/mol. The van der Waals surface area contributed by atoms with Crippen LogP contribution in [-0.4, -0.2) is 35.4 Å². The molecule has 128 valence electrons. The second-order valence-electron chi connectivity index (χ2n) is 6.53. The van der Waals surface area contributed by atoms with Crippen molar-refractivity contribution in [3.8, 4) is 0 Å². The molecule has 2 aliphatic rings. The third-order valence-electron chi connectivity index (χ3n) is 5.34. The second-order valence-corrected chi connectivity index (χ2v) is 6.53. The Balaban J connectivity index is 1.90.